The summed E-state index contributed by atoms with van der Waals surface area (Å²) in [6, 6.07) is 4.26. The molecule has 3 rings (SSSR count). The fourth-order valence-corrected chi connectivity index (χ4v) is 3.68. The van der Waals surface area contributed by atoms with Gasteiger partial charge in [0.15, 0.2) is 0 Å². The highest BCUT2D eigenvalue weighted by Crippen LogP contribution is 2.39. The Hall–Kier alpha value is -1.01. The molecule has 5 heteroatoms. The van der Waals surface area contributed by atoms with Gasteiger partial charge in [0, 0.05) is 32.3 Å². The third-order valence-electron chi connectivity index (χ3n) is 5.39. The smallest absolute Gasteiger partial charge is 0.106 e. The molecular formula is C18H28N2O3. The van der Waals surface area contributed by atoms with E-state index >= 15 is 0 Å². The van der Waals surface area contributed by atoms with Crippen LogP contribution < -0.4 is 0 Å². The van der Waals surface area contributed by atoms with Crippen molar-refractivity contribution in [2.24, 2.45) is 0 Å². The predicted molar refractivity (Wildman–Crippen MR) is 88.1 cm³/mol. The molecule has 0 bridgehead atoms. The average Bonchev–Trinajstić information content (AvgIpc) is 2.54. The molecule has 2 aliphatic heterocycles. The van der Waals surface area contributed by atoms with Crippen LogP contribution in [-0.4, -0.2) is 57.1 Å². The Morgan fingerprint density at radius 3 is 2.65 bits per heavy atom. The zero-order chi connectivity index (χ0) is 16.5. The minimum absolute atomic E-state index is 0.229. The van der Waals surface area contributed by atoms with E-state index in [1.165, 1.54) is 5.56 Å². The van der Waals surface area contributed by atoms with E-state index in [0.717, 1.165) is 44.6 Å². The normalized spacial score (nSPS) is 31.4. The fraction of sp³-hybridized carbons (Fsp3) is 0.722. The lowest BCUT2D eigenvalue weighted by Gasteiger charge is -2.49. The van der Waals surface area contributed by atoms with Crippen LogP contribution in [0.3, 0.4) is 0 Å². The highest BCUT2D eigenvalue weighted by atomic mass is 16.5. The number of rotatable bonds is 3. The molecule has 2 atom stereocenters. The quantitative estimate of drug-likeness (QED) is 0.884. The summed E-state index contributed by atoms with van der Waals surface area (Å²) in [6.45, 7) is 6.81. The van der Waals surface area contributed by atoms with Gasteiger partial charge in [0.1, 0.15) is 6.10 Å². The maximum absolute atomic E-state index is 10.4. The molecule has 0 aliphatic carbocycles. The molecule has 128 valence electrons. The van der Waals surface area contributed by atoms with Crippen LogP contribution in [-0.2, 0) is 17.7 Å². The first-order valence-electron chi connectivity index (χ1n) is 8.63. The van der Waals surface area contributed by atoms with E-state index in [-0.39, 0.29) is 12.2 Å². The summed E-state index contributed by atoms with van der Waals surface area (Å²) in [7, 11) is 0. The van der Waals surface area contributed by atoms with Crippen molar-refractivity contribution in [3.8, 4) is 0 Å². The van der Waals surface area contributed by atoms with Crippen LogP contribution in [0.5, 0.6) is 0 Å². The van der Waals surface area contributed by atoms with Crippen molar-refractivity contribution in [2.45, 2.75) is 63.4 Å². The molecule has 2 fully saturated rings. The molecule has 1 spiro atoms. The average molecular weight is 320 g/mol. The number of nitrogens with zero attached hydrogens (tertiary/aromatic N) is 2. The molecule has 2 saturated heterocycles. The number of hydrogen-bond donors (Lipinski definition) is 2. The van der Waals surface area contributed by atoms with Gasteiger partial charge in [-0.25, -0.2) is 0 Å². The van der Waals surface area contributed by atoms with Crippen LogP contribution in [0, 0.1) is 0 Å². The number of aryl methyl sites for hydroxylation is 1. The van der Waals surface area contributed by atoms with Crippen molar-refractivity contribution in [2.75, 3.05) is 19.7 Å². The number of ether oxygens (including phenoxy) is 1. The van der Waals surface area contributed by atoms with Crippen LogP contribution in [0.15, 0.2) is 18.3 Å². The van der Waals surface area contributed by atoms with E-state index < -0.39 is 11.7 Å². The molecule has 0 aromatic carbocycles. The standard InChI is InChI=1S/C18H28N2O3/c1-3-14-4-5-15(19-10-14)11-20-8-6-18(7-9-20)13-17(2,22)16(21)12-23-18/h4-5,10,16,21-22H,3,6-9,11-13H2,1-2H3/t16-,17-/m0/s1. The van der Waals surface area contributed by atoms with Crippen molar-refractivity contribution >= 4 is 0 Å². The Bertz CT molecular complexity index is 522. The highest BCUT2D eigenvalue weighted by molar-refractivity contribution is 5.14. The van der Waals surface area contributed by atoms with Crippen LogP contribution in [0.1, 0.15) is 44.4 Å². The van der Waals surface area contributed by atoms with Crippen molar-refractivity contribution < 1.29 is 14.9 Å². The minimum atomic E-state index is -1.04. The molecule has 0 radical (unpaired) electrons. The second-order valence-electron chi connectivity index (χ2n) is 7.33. The first kappa shape index (κ1) is 16.8. The Kier molecular flexibility index (Phi) is 4.74. The Morgan fingerprint density at radius 2 is 2.09 bits per heavy atom. The first-order chi connectivity index (χ1) is 10.9. The van der Waals surface area contributed by atoms with Crippen LogP contribution in [0.2, 0.25) is 0 Å². The Labute approximate surface area is 138 Å². The highest BCUT2D eigenvalue weighted by Gasteiger charge is 2.48. The largest absolute Gasteiger partial charge is 0.388 e. The first-order valence-corrected chi connectivity index (χ1v) is 8.63. The van der Waals surface area contributed by atoms with Gasteiger partial charge < -0.3 is 14.9 Å². The van der Waals surface area contributed by atoms with Crippen LogP contribution in [0.4, 0.5) is 0 Å². The molecular weight excluding hydrogens is 292 g/mol. The lowest BCUT2D eigenvalue weighted by atomic mass is 9.76. The number of aromatic nitrogens is 1. The predicted octanol–water partition coefficient (Wildman–Crippen LogP) is 1.51. The SMILES string of the molecule is CCc1ccc(CN2CCC3(CC2)C[C@](C)(O)[C@@H](O)CO3)nc1. The van der Waals surface area contributed by atoms with Gasteiger partial charge in [0.2, 0.25) is 0 Å². The maximum atomic E-state index is 10.4. The third-order valence-corrected chi connectivity index (χ3v) is 5.39. The lowest BCUT2D eigenvalue weighted by Crippen LogP contribution is -2.59. The Morgan fingerprint density at radius 1 is 1.35 bits per heavy atom. The van der Waals surface area contributed by atoms with Crippen molar-refractivity contribution in [1.82, 2.24) is 9.88 Å². The fourth-order valence-electron chi connectivity index (χ4n) is 3.68. The number of likely N-dealkylation sites (tertiary alicyclic amines) is 1. The molecule has 0 amide bonds. The Balaban J connectivity index is 1.56. The van der Waals surface area contributed by atoms with Gasteiger partial charge in [0.05, 0.1) is 23.5 Å². The summed E-state index contributed by atoms with van der Waals surface area (Å²) in [5, 5.41) is 20.2. The lowest BCUT2D eigenvalue weighted by molar-refractivity contribution is -0.223. The van der Waals surface area contributed by atoms with E-state index in [0.29, 0.717) is 6.42 Å². The number of aliphatic hydroxyl groups is 2. The van der Waals surface area contributed by atoms with E-state index in [9.17, 15) is 10.2 Å². The van der Waals surface area contributed by atoms with Gasteiger partial charge in [-0.05, 0) is 37.8 Å². The molecule has 2 N–H and O–H groups in total. The van der Waals surface area contributed by atoms with Crippen LogP contribution in [0.25, 0.3) is 0 Å². The second-order valence-corrected chi connectivity index (χ2v) is 7.33. The summed E-state index contributed by atoms with van der Waals surface area (Å²) in [4.78, 5) is 6.93. The molecule has 1 aromatic rings. The third kappa shape index (κ3) is 3.74. The summed E-state index contributed by atoms with van der Waals surface area (Å²) < 4.78 is 5.93. The summed E-state index contributed by atoms with van der Waals surface area (Å²) in [5.41, 5.74) is 1.05. The molecule has 23 heavy (non-hydrogen) atoms. The topological polar surface area (TPSA) is 65.8 Å². The summed E-state index contributed by atoms with van der Waals surface area (Å²) in [5.74, 6) is 0. The molecule has 1 aromatic heterocycles. The van der Waals surface area contributed by atoms with Gasteiger partial charge in [-0.15, -0.1) is 0 Å². The van der Waals surface area contributed by atoms with E-state index in [1.54, 1.807) is 6.92 Å². The summed E-state index contributed by atoms with van der Waals surface area (Å²) in [6.07, 6.45) is 4.49. The molecule has 0 unspecified atom stereocenters. The monoisotopic (exact) mass is 320 g/mol. The van der Waals surface area contributed by atoms with Gasteiger partial charge >= 0.3 is 0 Å². The molecule has 2 aliphatic rings. The van der Waals surface area contributed by atoms with E-state index in [2.05, 4.69) is 28.9 Å². The van der Waals surface area contributed by atoms with Crippen molar-refractivity contribution in [3.63, 3.8) is 0 Å². The van der Waals surface area contributed by atoms with E-state index in [4.69, 9.17) is 4.74 Å². The second kappa shape index (κ2) is 6.48. The summed E-state index contributed by atoms with van der Waals surface area (Å²) >= 11 is 0. The molecule has 3 heterocycles. The van der Waals surface area contributed by atoms with Gasteiger partial charge in [-0.3, -0.25) is 9.88 Å². The number of hydrogen-bond acceptors (Lipinski definition) is 5. The van der Waals surface area contributed by atoms with Gasteiger partial charge in [-0.1, -0.05) is 13.0 Å². The zero-order valence-corrected chi connectivity index (χ0v) is 14.2. The molecule has 0 saturated carbocycles. The van der Waals surface area contributed by atoms with E-state index in [1.807, 2.05) is 6.20 Å². The number of pyridine rings is 1. The number of piperidine rings is 1. The minimum Gasteiger partial charge on any atom is -0.388 e. The number of aliphatic hydroxyl groups excluding tert-OH is 1. The van der Waals surface area contributed by atoms with Gasteiger partial charge in [-0.2, -0.15) is 0 Å². The van der Waals surface area contributed by atoms with Crippen molar-refractivity contribution in [1.29, 1.82) is 0 Å². The maximum Gasteiger partial charge on any atom is 0.106 e. The van der Waals surface area contributed by atoms with Gasteiger partial charge in [0.25, 0.3) is 0 Å². The van der Waals surface area contributed by atoms with Crippen LogP contribution >= 0.6 is 0 Å². The van der Waals surface area contributed by atoms with Crippen molar-refractivity contribution in [3.05, 3.63) is 29.6 Å². The zero-order valence-electron chi connectivity index (χ0n) is 14.2. The molecule has 5 nitrogen and oxygen atoms in total.